The van der Waals surface area contributed by atoms with Crippen molar-refractivity contribution < 1.29 is 14.7 Å². The summed E-state index contributed by atoms with van der Waals surface area (Å²) in [5, 5.41) is 8.62. The van der Waals surface area contributed by atoms with Crippen LogP contribution in [0.2, 0.25) is 0 Å². The lowest BCUT2D eigenvalue weighted by Crippen LogP contribution is -1.97. The molecule has 3 heteroatoms. The Morgan fingerprint density at radius 1 is 1.00 bits per heavy atom. The highest BCUT2D eigenvalue weighted by Crippen LogP contribution is 2.11. The Morgan fingerprint density at radius 2 is 1.65 bits per heavy atom. The number of aliphatic carboxylic acids is 1. The zero-order valence-electron chi connectivity index (χ0n) is 13.2. The van der Waals surface area contributed by atoms with Crippen molar-refractivity contribution in [2.24, 2.45) is 0 Å². The van der Waals surface area contributed by atoms with E-state index in [-0.39, 0.29) is 12.2 Å². The van der Waals surface area contributed by atoms with E-state index < -0.39 is 5.97 Å². The van der Waals surface area contributed by atoms with Crippen LogP contribution in [0.3, 0.4) is 0 Å². The highest BCUT2D eigenvalue weighted by atomic mass is 16.4. The molecule has 0 unspecified atom stereocenters. The SMILES string of the molecule is Cc1ccc(C=CC(=O)c2ccc(CCCC(=O)O)cc2)cc1. The minimum atomic E-state index is -0.780. The van der Waals surface area contributed by atoms with Gasteiger partial charge in [0.1, 0.15) is 0 Å². The molecule has 0 aliphatic rings. The molecule has 0 bridgehead atoms. The Kier molecular flexibility index (Phi) is 5.87. The summed E-state index contributed by atoms with van der Waals surface area (Å²) in [5.41, 5.74) is 3.86. The van der Waals surface area contributed by atoms with Gasteiger partial charge in [-0.15, -0.1) is 0 Å². The van der Waals surface area contributed by atoms with Crippen LogP contribution in [0.15, 0.2) is 54.6 Å². The highest BCUT2D eigenvalue weighted by Gasteiger charge is 2.03. The van der Waals surface area contributed by atoms with Gasteiger partial charge in [-0.3, -0.25) is 9.59 Å². The van der Waals surface area contributed by atoms with Crippen molar-refractivity contribution in [2.45, 2.75) is 26.2 Å². The number of ketones is 1. The molecule has 2 aromatic carbocycles. The molecule has 0 atom stereocenters. The second-order valence-corrected chi connectivity index (χ2v) is 5.55. The van der Waals surface area contributed by atoms with Crippen LogP contribution in [0.1, 0.15) is 39.9 Å². The predicted molar refractivity (Wildman–Crippen MR) is 91.6 cm³/mol. The fraction of sp³-hybridized carbons (Fsp3) is 0.200. The summed E-state index contributed by atoms with van der Waals surface area (Å²) in [6.45, 7) is 2.02. The fourth-order valence-electron chi connectivity index (χ4n) is 2.23. The number of carboxylic acids is 1. The van der Waals surface area contributed by atoms with Gasteiger partial charge in [-0.25, -0.2) is 0 Å². The molecular formula is C20H20O3. The molecule has 0 radical (unpaired) electrons. The van der Waals surface area contributed by atoms with Crippen LogP contribution in [0.4, 0.5) is 0 Å². The van der Waals surface area contributed by atoms with Gasteiger partial charge in [0, 0.05) is 12.0 Å². The van der Waals surface area contributed by atoms with Gasteiger partial charge in [-0.05, 0) is 37.0 Å². The largest absolute Gasteiger partial charge is 0.481 e. The molecule has 23 heavy (non-hydrogen) atoms. The fourth-order valence-corrected chi connectivity index (χ4v) is 2.23. The van der Waals surface area contributed by atoms with Crippen LogP contribution in [0, 0.1) is 6.92 Å². The lowest BCUT2D eigenvalue weighted by atomic mass is 10.0. The first kappa shape index (κ1) is 16.7. The maximum Gasteiger partial charge on any atom is 0.303 e. The van der Waals surface area contributed by atoms with Gasteiger partial charge in [-0.2, -0.15) is 0 Å². The molecule has 2 rings (SSSR count). The van der Waals surface area contributed by atoms with Crippen molar-refractivity contribution in [3.8, 4) is 0 Å². The molecule has 3 nitrogen and oxygen atoms in total. The maximum absolute atomic E-state index is 12.1. The van der Waals surface area contributed by atoms with E-state index in [1.54, 1.807) is 18.2 Å². The van der Waals surface area contributed by atoms with Crippen molar-refractivity contribution in [3.05, 3.63) is 76.9 Å². The van der Waals surface area contributed by atoms with Crippen LogP contribution in [0.5, 0.6) is 0 Å². The van der Waals surface area contributed by atoms with Crippen LogP contribution in [-0.4, -0.2) is 16.9 Å². The Morgan fingerprint density at radius 3 is 2.26 bits per heavy atom. The molecule has 118 valence electrons. The molecule has 0 spiro atoms. The van der Waals surface area contributed by atoms with E-state index in [1.165, 1.54) is 5.56 Å². The quantitative estimate of drug-likeness (QED) is 0.613. The van der Waals surface area contributed by atoms with Gasteiger partial charge in [0.15, 0.2) is 5.78 Å². The van der Waals surface area contributed by atoms with Crippen LogP contribution >= 0.6 is 0 Å². The normalized spacial score (nSPS) is 10.8. The van der Waals surface area contributed by atoms with E-state index in [9.17, 15) is 9.59 Å². The maximum atomic E-state index is 12.1. The number of carboxylic acid groups (broad SMARTS) is 1. The third-order valence-corrected chi connectivity index (χ3v) is 3.60. The predicted octanol–water partition coefficient (Wildman–Crippen LogP) is 4.30. The number of carbonyl (C=O) groups is 2. The summed E-state index contributed by atoms with van der Waals surface area (Å²) in [6, 6.07) is 15.3. The smallest absolute Gasteiger partial charge is 0.303 e. The minimum absolute atomic E-state index is 0.0392. The van der Waals surface area contributed by atoms with Gasteiger partial charge in [0.2, 0.25) is 0 Å². The molecule has 0 aromatic heterocycles. The Bertz CT molecular complexity index is 695. The molecule has 1 N–H and O–H groups in total. The zero-order chi connectivity index (χ0) is 16.7. The average molecular weight is 308 g/mol. The molecular weight excluding hydrogens is 288 g/mol. The highest BCUT2D eigenvalue weighted by molar-refractivity contribution is 6.06. The summed E-state index contributed by atoms with van der Waals surface area (Å²) in [7, 11) is 0. The van der Waals surface area contributed by atoms with E-state index >= 15 is 0 Å². The van der Waals surface area contributed by atoms with Gasteiger partial charge < -0.3 is 5.11 Å². The molecule has 0 aliphatic carbocycles. The summed E-state index contributed by atoms with van der Waals surface area (Å²) in [6.07, 6.45) is 4.86. The van der Waals surface area contributed by atoms with E-state index in [4.69, 9.17) is 5.11 Å². The van der Waals surface area contributed by atoms with Gasteiger partial charge in [0.25, 0.3) is 0 Å². The number of hydrogen-bond donors (Lipinski definition) is 1. The molecule has 2 aromatic rings. The van der Waals surface area contributed by atoms with Gasteiger partial charge in [-0.1, -0.05) is 60.2 Å². The second-order valence-electron chi connectivity index (χ2n) is 5.55. The van der Waals surface area contributed by atoms with Gasteiger partial charge in [0.05, 0.1) is 0 Å². The number of allylic oxidation sites excluding steroid dienone is 1. The molecule has 0 aliphatic heterocycles. The molecule has 0 saturated heterocycles. The number of carbonyl (C=O) groups excluding carboxylic acids is 1. The number of aryl methyl sites for hydroxylation is 2. The summed E-state index contributed by atoms with van der Waals surface area (Å²) >= 11 is 0. The Balaban J connectivity index is 1.94. The molecule has 0 heterocycles. The van der Waals surface area contributed by atoms with Gasteiger partial charge >= 0.3 is 5.97 Å². The van der Waals surface area contributed by atoms with E-state index in [0.717, 1.165) is 11.1 Å². The number of hydrogen-bond acceptors (Lipinski definition) is 2. The lowest BCUT2D eigenvalue weighted by Gasteiger charge is -2.01. The first-order valence-corrected chi connectivity index (χ1v) is 7.64. The summed E-state index contributed by atoms with van der Waals surface area (Å²) in [4.78, 5) is 22.6. The zero-order valence-corrected chi connectivity index (χ0v) is 13.2. The second kappa shape index (κ2) is 8.08. The number of benzene rings is 2. The molecule has 0 saturated carbocycles. The monoisotopic (exact) mass is 308 g/mol. The van der Waals surface area contributed by atoms with E-state index in [1.807, 2.05) is 49.4 Å². The minimum Gasteiger partial charge on any atom is -0.481 e. The Labute approximate surface area is 136 Å². The van der Waals surface area contributed by atoms with Crippen LogP contribution in [0.25, 0.3) is 6.08 Å². The van der Waals surface area contributed by atoms with Crippen molar-refractivity contribution in [1.82, 2.24) is 0 Å². The third-order valence-electron chi connectivity index (χ3n) is 3.60. The average Bonchev–Trinajstić information content (AvgIpc) is 2.54. The standard InChI is InChI=1S/C20H20O3/c1-15-5-7-17(8-6-15)11-14-19(21)18-12-9-16(10-13-18)3-2-4-20(22)23/h5-14H,2-4H2,1H3,(H,22,23). The lowest BCUT2D eigenvalue weighted by molar-refractivity contribution is -0.137. The Hall–Kier alpha value is -2.68. The van der Waals surface area contributed by atoms with Crippen molar-refractivity contribution in [1.29, 1.82) is 0 Å². The first-order valence-electron chi connectivity index (χ1n) is 7.64. The molecule has 0 fully saturated rings. The summed E-state index contributed by atoms with van der Waals surface area (Å²) < 4.78 is 0. The van der Waals surface area contributed by atoms with Crippen molar-refractivity contribution in [2.75, 3.05) is 0 Å². The topological polar surface area (TPSA) is 54.4 Å². The first-order chi connectivity index (χ1) is 11.0. The van der Waals surface area contributed by atoms with E-state index in [2.05, 4.69) is 0 Å². The van der Waals surface area contributed by atoms with Crippen molar-refractivity contribution in [3.63, 3.8) is 0 Å². The van der Waals surface area contributed by atoms with Crippen LogP contribution in [-0.2, 0) is 11.2 Å². The number of rotatable bonds is 7. The van der Waals surface area contributed by atoms with E-state index in [0.29, 0.717) is 18.4 Å². The molecule has 0 amide bonds. The van der Waals surface area contributed by atoms with Crippen molar-refractivity contribution >= 4 is 17.8 Å². The third kappa shape index (κ3) is 5.55. The van der Waals surface area contributed by atoms with Crippen LogP contribution < -0.4 is 0 Å². The summed E-state index contributed by atoms with van der Waals surface area (Å²) in [5.74, 6) is -0.819.